The third-order valence-electron chi connectivity index (χ3n) is 0.422. The molecule has 0 aromatic carbocycles. The molecule has 0 amide bonds. The summed E-state index contributed by atoms with van der Waals surface area (Å²) in [5.74, 6) is 0.741. The molecule has 0 bridgehead atoms. The SMILES string of the molecule is CCCSSS(=O)(=O)O.[Na]. The molecule has 0 aliphatic carbocycles. The fourth-order valence-corrected chi connectivity index (χ4v) is 3.31. The van der Waals surface area contributed by atoms with Gasteiger partial charge < -0.3 is 0 Å². The fourth-order valence-electron chi connectivity index (χ4n) is 0.178. The van der Waals surface area contributed by atoms with Gasteiger partial charge in [-0.3, -0.25) is 4.55 Å². The molecule has 1 radical (unpaired) electrons. The second kappa shape index (κ2) is 7.27. The van der Waals surface area contributed by atoms with Gasteiger partial charge in [0, 0.05) is 35.3 Å². The fraction of sp³-hybridized carbons (Fsp3) is 1.00. The van der Waals surface area contributed by atoms with Gasteiger partial charge in [-0.05, 0) is 6.42 Å². The zero-order valence-electron chi connectivity index (χ0n) is 5.90. The molecule has 10 heavy (non-hydrogen) atoms. The largest absolute Gasteiger partial charge is 0.329 e. The zero-order valence-corrected chi connectivity index (χ0v) is 10.4. The van der Waals surface area contributed by atoms with Crippen molar-refractivity contribution in [1.82, 2.24) is 0 Å². The van der Waals surface area contributed by atoms with Crippen LogP contribution in [0.5, 0.6) is 0 Å². The topological polar surface area (TPSA) is 54.4 Å². The minimum atomic E-state index is -3.82. The van der Waals surface area contributed by atoms with Crippen molar-refractivity contribution in [2.75, 3.05) is 5.75 Å². The Morgan fingerprint density at radius 2 is 2.00 bits per heavy atom. The minimum absolute atomic E-state index is 0. The van der Waals surface area contributed by atoms with Crippen LogP contribution in [0, 0.1) is 0 Å². The normalized spacial score (nSPS) is 10.6. The van der Waals surface area contributed by atoms with Gasteiger partial charge in [-0.2, -0.15) is 8.42 Å². The summed E-state index contributed by atoms with van der Waals surface area (Å²) in [5.41, 5.74) is 0. The molecule has 0 rings (SSSR count). The van der Waals surface area contributed by atoms with Crippen molar-refractivity contribution in [3.8, 4) is 0 Å². The van der Waals surface area contributed by atoms with Crippen LogP contribution in [0.4, 0.5) is 0 Å². The van der Waals surface area contributed by atoms with Crippen LogP contribution in [0.15, 0.2) is 0 Å². The first-order valence-corrected chi connectivity index (χ1v) is 6.62. The van der Waals surface area contributed by atoms with Crippen LogP contribution in [0.25, 0.3) is 0 Å². The van der Waals surface area contributed by atoms with Gasteiger partial charge in [-0.1, -0.05) is 17.7 Å². The molecule has 0 aromatic rings. The molecule has 0 aromatic heterocycles. The van der Waals surface area contributed by atoms with Gasteiger partial charge in [-0.15, -0.1) is 0 Å². The average molecular weight is 211 g/mol. The van der Waals surface area contributed by atoms with Crippen LogP contribution >= 0.6 is 20.6 Å². The maximum atomic E-state index is 10.0. The van der Waals surface area contributed by atoms with E-state index in [0.717, 1.165) is 23.0 Å². The first-order valence-electron chi connectivity index (χ1n) is 2.35. The van der Waals surface area contributed by atoms with Crippen LogP contribution in [-0.4, -0.2) is 48.3 Å². The Kier molecular flexibility index (Phi) is 10.3. The van der Waals surface area contributed by atoms with E-state index in [0.29, 0.717) is 9.83 Å². The Hall–Kier alpha value is 1.61. The Balaban J connectivity index is 0. The molecule has 1 N–H and O–H groups in total. The molecule has 0 spiro atoms. The zero-order chi connectivity index (χ0) is 7.33. The molecule has 0 heterocycles. The number of hydrogen-bond acceptors (Lipinski definition) is 4. The van der Waals surface area contributed by atoms with E-state index in [1.807, 2.05) is 6.92 Å². The summed E-state index contributed by atoms with van der Waals surface area (Å²) >= 11 is 0. The smallest absolute Gasteiger partial charge is 0.277 e. The maximum Gasteiger partial charge on any atom is 0.329 e. The molecule has 0 saturated heterocycles. The van der Waals surface area contributed by atoms with Crippen molar-refractivity contribution < 1.29 is 13.0 Å². The molecule has 0 unspecified atom stereocenters. The summed E-state index contributed by atoms with van der Waals surface area (Å²) in [7, 11) is -2.18. The van der Waals surface area contributed by atoms with Gasteiger partial charge in [0.25, 0.3) is 0 Å². The van der Waals surface area contributed by atoms with Gasteiger partial charge in [-0.25, -0.2) is 0 Å². The van der Waals surface area contributed by atoms with E-state index in [-0.39, 0.29) is 29.6 Å². The van der Waals surface area contributed by atoms with Crippen molar-refractivity contribution in [3.05, 3.63) is 0 Å². The van der Waals surface area contributed by atoms with E-state index in [2.05, 4.69) is 0 Å². The Bertz CT molecular complexity index is 154. The predicted octanol–water partition coefficient (Wildman–Crippen LogP) is 1.20. The van der Waals surface area contributed by atoms with Crippen molar-refractivity contribution in [3.63, 3.8) is 0 Å². The van der Waals surface area contributed by atoms with Crippen molar-refractivity contribution in [1.29, 1.82) is 0 Å². The molecule has 7 heteroatoms. The molecular formula is C3H8NaO3S3. The molecule has 3 nitrogen and oxygen atoms in total. The standard InChI is InChI=1S/C3H8O3S3.Na/c1-2-3-7-8-9(4,5)6;/h2-3H2,1H3,(H,4,5,6);. The quantitative estimate of drug-likeness (QED) is 0.328. The first kappa shape index (κ1) is 14.2. The monoisotopic (exact) mass is 211 g/mol. The number of rotatable bonds is 4. The molecule has 57 valence electrons. The van der Waals surface area contributed by atoms with Crippen molar-refractivity contribution in [2.24, 2.45) is 0 Å². The summed E-state index contributed by atoms with van der Waals surface area (Å²) in [5, 5.41) is 0. The summed E-state index contributed by atoms with van der Waals surface area (Å²) in [6.45, 7) is 1.94. The van der Waals surface area contributed by atoms with Crippen LogP contribution in [-0.2, 0) is 9.15 Å². The van der Waals surface area contributed by atoms with Crippen LogP contribution < -0.4 is 0 Å². The van der Waals surface area contributed by atoms with Gasteiger partial charge in [0.2, 0.25) is 0 Å². The van der Waals surface area contributed by atoms with E-state index < -0.39 is 9.15 Å². The molecule has 0 aliphatic heterocycles. The van der Waals surface area contributed by atoms with E-state index >= 15 is 0 Å². The van der Waals surface area contributed by atoms with Crippen molar-refractivity contribution >= 4 is 59.3 Å². The third-order valence-corrected chi connectivity index (χ3v) is 4.98. The molecule has 0 aliphatic rings. The second-order valence-electron chi connectivity index (χ2n) is 1.32. The predicted molar refractivity (Wildman–Crippen MR) is 47.6 cm³/mol. The molecular weight excluding hydrogens is 203 g/mol. The van der Waals surface area contributed by atoms with Crippen LogP contribution in [0.2, 0.25) is 0 Å². The Labute approximate surface area is 90.6 Å². The van der Waals surface area contributed by atoms with Crippen LogP contribution in [0.3, 0.4) is 0 Å². The summed E-state index contributed by atoms with van der Waals surface area (Å²) in [6, 6.07) is 0. The minimum Gasteiger partial charge on any atom is -0.277 e. The first-order chi connectivity index (χ1) is 4.06. The van der Waals surface area contributed by atoms with E-state index in [1.54, 1.807) is 0 Å². The molecule has 0 atom stereocenters. The maximum absolute atomic E-state index is 10.0. The summed E-state index contributed by atoms with van der Waals surface area (Å²) < 4.78 is 28.2. The molecule has 0 fully saturated rings. The number of hydrogen-bond donors (Lipinski definition) is 1. The summed E-state index contributed by atoms with van der Waals surface area (Å²) in [6.07, 6.45) is 0.910. The van der Waals surface area contributed by atoms with Gasteiger partial charge in [0.05, 0.1) is 9.83 Å². The average Bonchev–Trinajstić information content (AvgIpc) is 1.63. The Morgan fingerprint density at radius 1 is 1.50 bits per heavy atom. The van der Waals surface area contributed by atoms with E-state index in [1.165, 1.54) is 0 Å². The van der Waals surface area contributed by atoms with Crippen molar-refractivity contribution in [2.45, 2.75) is 13.3 Å². The van der Waals surface area contributed by atoms with E-state index in [9.17, 15) is 8.42 Å². The van der Waals surface area contributed by atoms with E-state index in [4.69, 9.17) is 4.55 Å². The van der Waals surface area contributed by atoms with Gasteiger partial charge >= 0.3 is 9.15 Å². The molecule has 0 saturated carbocycles. The van der Waals surface area contributed by atoms with Gasteiger partial charge in [0.1, 0.15) is 0 Å². The second-order valence-corrected chi connectivity index (χ2v) is 6.56. The Morgan fingerprint density at radius 3 is 2.30 bits per heavy atom. The third kappa shape index (κ3) is 12.3. The van der Waals surface area contributed by atoms with Crippen LogP contribution in [0.1, 0.15) is 13.3 Å². The summed E-state index contributed by atoms with van der Waals surface area (Å²) in [4.78, 5) is 0. The van der Waals surface area contributed by atoms with Gasteiger partial charge in [0.15, 0.2) is 0 Å².